The lowest BCUT2D eigenvalue weighted by Crippen LogP contribution is -1.97. The molecule has 4 rings (SSSR count). The van der Waals surface area contributed by atoms with Crippen LogP contribution in [0.15, 0.2) is 60.7 Å². The van der Waals surface area contributed by atoms with E-state index in [0.717, 1.165) is 12.8 Å². The van der Waals surface area contributed by atoms with Crippen molar-refractivity contribution in [1.29, 1.82) is 0 Å². The van der Waals surface area contributed by atoms with Gasteiger partial charge < -0.3 is 0 Å². The fraction of sp³-hybridized carbons (Fsp3) is 0.182. The van der Waals surface area contributed by atoms with Crippen molar-refractivity contribution in [2.45, 2.75) is 26.7 Å². The Morgan fingerprint density at radius 1 is 0.591 bits per heavy atom. The van der Waals surface area contributed by atoms with Gasteiger partial charge in [0.25, 0.3) is 0 Å². The molecule has 3 aromatic rings. The second-order valence-corrected chi connectivity index (χ2v) is 6.30. The van der Waals surface area contributed by atoms with Crippen molar-refractivity contribution >= 4 is 0 Å². The fourth-order valence-electron chi connectivity index (χ4n) is 3.80. The van der Waals surface area contributed by atoms with Gasteiger partial charge in [-0.25, -0.2) is 0 Å². The summed E-state index contributed by atoms with van der Waals surface area (Å²) in [6.07, 6.45) is 2.21. The molecule has 0 aromatic heterocycles. The highest BCUT2D eigenvalue weighted by molar-refractivity contribution is 5.80. The smallest absolute Gasteiger partial charge is 0.0122 e. The maximum atomic E-state index is 2.36. The first-order valence-electron chi connectivity index (χ1n) is 8.02. The monoisotopic (exact) mass is 284 g/mol. The Hall–Kier alpha value is -2.34. The molecule has 0 atom stereocenters. The van der Waals surface area contributed by atoms with Crippen LogP contribution in [0.25, 0.3) is 22.3 Å². The molecular weight excluding hydrogens is 264 g/mol. The van der Waals surface area contributed by atoms with Crippen LogP contribution in [0.1, 0.15) is 22.3 Å². The zero-order chi connectivity index (χ0) is 15.1. The molecule has 0 nitrogen and oxygen atoms in total. The predicted octanol–water partition coefficient (Wildman–Crippen LogP) is 5.74. The molecule has 0 heterocycles. The van der Waals surface area contributed by atoms with E-state index in [0.29, 0.717) is 0 Å². The first-order valence-corrected chi connectivity index (χ1v) is 8.02. The van der Waals surface area contributed by atoms with E-state index < -0.39 is 0 Å². The van der Waals surface area contributed by atoms with Crippen LogP contribution >= 0.6 is 0 Å². The van der Waals surface area contributed by atoms with E-state index in [1.165, 1.54) is 44.5 Å². The lowest BCUT2D eigenvalue weighted by Gasteiger charge is -2.12. The minimum absolute atomic E-state index is 1.10. The Morgan fingerprint density at radius 2 is 1.05 bits per heavy atom. The van der Waals surface area contributed by atoms with Crippen LogP contribution in [0.4, 0.5) is 0 Å². The van der Waals surface area contributed by atoms with E-state index >= 15 is 0 Å². The molecule has 0 amide bonds. The van der Waals surface area contributed by atoms with Crippen LogP contribution < -0.4 is 0 Å². The minimum atomic E-state index is 1.10. The van der Waals surface area contributed by atoms with Crippen LogP contribution in [-0.2, 0) is 12.8 Å². The van der Waals surface area contributed by atoms with Crippen molar-refractivity contribution in [3.8, 4) is 22.3 Å². The molecule has 0 unspecified atom stereocenters. The third kappa shape index (κ3) is 2.07. The largest absolute Gasteiger partial charge is 0.0617 e. The number of fused-ring (bicyclic) bond motifs is 6. The highest BCUT2D eigenvalue weighted by Gasteiger charge is 2.15. The predicted molar refractivity (Wildman–Crippen MR) is 94.2 cm³/mol. The number of rotatable bonds is 0. The van der Waals surface area contributed by atoms with E-state index in [1.807, 2.05) is 0 Å². The molecule has 0 saturated heterocycles. The van der Waals surface area contributed by atoms with Crippen molar-refractivity contribution in [3.05, 3.63) is 82.9 Å². The third-order valence-electron chi connectivity index (χ3n) is 4.82. The van der Waals surface area contributed by atoms with Gasteiger partial charge in [0.05, 0.1) is 0 Å². The summed E-state index contributed by atoms with van der Waals surface area (Å²) in [6, 6.07) is 22.5. The molecule has 0 heteroatoms. The summed E-state index contributed by atoms with van der Waals surface area (Å²) in [7, 11) is 0. The summed E-state index contributed by atoms with van der Waals surface area (Å²) >= 11 is 0. The second-order valence-electron chi connectivity index (χ2n) is 6.30. The highest BCUT2D eigenvalue weighted by Crippen LogP contribution is 2.36. The van der Waals surface area contributed by atoms with Gasteiger partial charge in [0, 0.05) is 0 Å². The number of benzene rings is 3. The standard InChI is InChI=1S/C22H20/c1-15-6-3-8-17-12-13-18-9-4-7-16(2)22(18)20-11-5-10-19(14-20)21(15)17/h3-11,14H,12-13H2,1-2H3. The van der Waals surface area contributed by atoms with Crippen molar-refractivity contribution in [2.24, 2.45) is 0 Å². The molecule has 3 aromatic carbocycles. The third-order valence-corrected chi connectivity index (χ3v) is 4.82. The van der Waals surface area contributed by atoms with Crippen molar-refractivity contribution in [3.63, 3.8) is 0 Å². The molecule has 0 spiro atoms. The first-order chi connectivity index (χ1) is 10.7. The summed E-state index contributed by atoms with van der Waals surface area (Å²) in [5.41, 5.74) is 11.2. The van der Waals surface area contributed by atoms with E-state index in [9.17, 15) is 0 Å². The van der Waals surface area contributed by atoms with E-state index in [4.69, 9.17) is 0 Å². The van der Waals surface area contributed by atoms with Gasteiger partial charge in [0.2, 0.25) is 0 Å². The summed E-state index contributed by atoms with van der Waals surface area (Å²) in [4.78, 5) is 0. The quantitative estimate of drug-likeness (QED) is 0.494. The van der Waals surface area contributed by atoms with Gasteiger partial charge in [-0.2, -0.15) is 0 Å². The lowest BCUT2D eigenvalue weighted by molar-refractivity contribution is 0.962. The fourth-order valence-corrected chi connectivity index (χ4v) is 3.80. The first kappa shape index (κ1) is 13.3. The molecule has 0 aliphatic heterocycles. The van der Waals surface area contributed by atoms with Crippen LogP contribution in [0.3, 0.4) is 0 Å². The Bertz CT molecular complexity index is 787. The number of hydrogen-bond acceptors (Lipinski definition) is 0. The average Bonchev–Trinajstić information content (AvgIpc) is 2.56. The van der Waals surface area contributed by atoms with Crippen LogP contribution in [0.5, 0.6) is 0 Å². The summed E-state index contributed by atoms with van der Waals surface area (Å²) in [6.45, 7) is 4.45. The Labute approximate surface area is 132 Å². The Morgan fingerprint density at radius 3 is 1.55 bits per heavy atom. The molecule has 1 aliphatic carbocycles. The maximum Gasteiger partial charge on any atom is -0.0122 e. The van der Waals surface area contributed by atoms with Gasteiger partial charge in [-0.1, -0.05) is 54.6 Å². The van der Waals surface area contributed by atoms with Gasteiger partial charge in [-0.3, -0.25) is 0 Å². The van der Waals surface area contributed by atoms with Crippen molar-refractivity contribution < 1.29 is 0 Å². The Kier molecular flexibility index (Phi) is 3.11. The minimum Gasteiger partial charge on any atom is -0.0617 e. The summed E-state index contributed by atoms with van der Waals surface area (Å²) in [5.74, 6) is 0. The van der Waals surface area contributed by atoms with Gasteiger partial charge in [-0.05, 0) is 77.3 Å². The molecule has 0 fully saturated rings. The Balaban J connectivity index is 2.05. The van der Waals surface area contributed by atoms with Gasteiger partial charge in [-0.15, -0.1) is 0 Å². The van der Waals surface area contributed by atoms with Crippen molar-refractivity contribution in [2.75, 3.05) is 0 Å². The molecular formula is C22H20. The van der Waals surface area contributed by atoms with Crippen LogP contribution in [-0.4, -0.2) is 0 Å². The van der Waals surface area contributed by atoms with Crippen LogP contribution in [0, 0.1) is 13.8 Å². The normalized spacial score (nSPS) is 12.6. The zero-order valence-corrected chi connectivity index (χ0v) is 13.2. The second kappa shape index (κ2) is 5.14. The molecule has 108 valence electrons. The molecule has 1 aliphatic rings. The zero-order valence-electron chi connectivity index (χ0n) is 13.2. The summed E-state index contributed by atoms with van der Waals surface area (Å²) < 4.78 is 0. The van der Waals surface area contributed by atoms with Gasteiger partial charge in [0.1, 0.15) is 0 Å². The molecule has 2 bridgehead atoms. The molecule has 0 saturated carbocycles. The lowest BCUT2D eigenvalue weighted by atomic mass is 9.92. The molecule has 0 radical (unpaired) electrons. The SMILES string of the molecule is Cc1cccc2c1-c1cccc(c1)-c1c(C)cccc1CC2. The van der Waals surface area contributed by atoms with Crippen molar-refractivity contribution in [1.82, 2.24) is 0 Å². The van der Waals surface area contributed by atoms with Gasteiger partial charge >= 0.3 is 0 Å². The number of aryl methyl sites for hydroxylation is 4. The summed E-state index contributed by atoms with van der Waals surface area (Å²) in [5, 5.41) is 0. The molecule has 22 heavy (non-hydrogen) atoms. The average molecular weight is 284 g/mol. The van der Waals surface area contributed by atoms with E-state index in [-0.39, 0.29) is 0 Å². The highest BCUT2D eigenvalue weighted by atomic mass is 14.2. The number of hydrogen-bond donors (Lipinski definition) is 0. The maximum absolute atomic E-state index is 2.36. The van der Waals surface area contributed by atoms with Crippen LogP contribution in [0.2, 0.25) is 0 Å². The topological polar surface area (TPSA) is 0 Å². The van der Waals surface area contributed by atoms with Gasteiger partial charge in [0.15, 0.2) is 0 Å². The van der Waals surface area contributed by atoms with E-state index in [1.54, 1.807) is 0 Å². The molecule has 0 N–H and O–H groups in total. The van der Waals surface area contributed by atoms with E-state index in [2.05, 4.69) is 74.5 Å².